The number of pyridine rings is 1. The summed E-state index contributed by atoms with van der Waals surface area (Å²) in [7, 11) is 1.77. The third-order valence-corrected chi connectivity index (χ3v) is 2.60. The van der Waals surface area contributed by atoms with Crippen LogP contribution in [0, 0.1) is 0 Å². The van der Waals surface area contributed by atoms with Crippen LogP contribution in [0.2, 0.25) is 0 Å². The second kappa shape index (κ2) is 5.83. The van der Waals surface area contributed by atoms with E-state index in [1.165, 1.54) is 18.5 Å². The molecule has 0 saturated carbocycles. The number of carbonyl (C=O) groups is 2. The molecule has 104 valence electrons. The van der Waals surface area contributed by atoms with Crippen LogP contribution in [0.25, 0.3) is 0 Å². The Morgan fingerprint density at radius 3 is 2.85 bits per heavy atom. The van der Waals surface area contributed by atoms with Gasteiger partial charge in [0.1, 0.15) is 0 Å². The third kappa shape index (κ3) is 3.31. The minimum atomic E-state index is -1.10. The molecule has 0 aromatic carbocycles. The SMILES string of the molecule is Cn1nccc1CNC(=O)Nc1cncc(C(=O)O)c1. The summed E-state index contributed by atoms with van der Waals surface area (Å²) < 4.78 is 1.65. The van der Waals surface area contributed by atoms with E-state index in [4.69, 9.17) is 5.11 Å². The van der Waals surface area contributed by atoms with Gasteiger partial charge in [-0.25, -0.2) is 9.59 Å². The predicted octanol–water partition coefficient (Wildman–Crippen LogP) is 0.835. The molecule has 0 fully saturated rings. The summed E-state index contributed by atoms with van der Waals surface area (Å²) in [6.45, 7) is 0.314. The van der Waals surface area contributed by atoms with Gasteiger partial charge in [-0.1, -0.05) is 0 Å². The number of carboxylic acids is 1. The van der Waals surface area contributed by atoms with Crippen LogP contribution in [0.4, 0.5) is 10.5 Å². The number of rotatable bonds is 4. The normalized spacial score (nSPS) is 10.1. The minimum Gasteiger partial charge on any atom is -0.478 e. The monoisotopic (exact) mass is 275 g/mol. The summed E-state index contributed by atoms with van der Waals surface area (Å²) in [4.78, 5) is 26.2. The van der Waals surface area contributed by atoms with Gasteiger partial charge in [-0.3, -0.25) is 9.67 Å². The lowest BCUT2D eigenvalue weighted by atomic mass is 10.3. The molecule has 0 radical (unpaired) electrons. The first-order chi connectivity index (χ1) is 9.56. The highest BCUT2D eigenvalue weighted by atomic mass is 16.4. The lowest BCUT2D eigenvalue weighted by Gasteiger charge is -2.08. The molecule has 0 spiro atoms. The second-order valence-corrected chi connectivity index (χ2v) is 4.02. The van der Waals surface area contributed by atoms with Crippen LogP contribution in [0.1, 0.15) is 16.1 Å². The van der Waals surface area contributed by atoms with E-state index < -0.39 is 12.0 Å². The Kier molecular flexibility index (Phi) is 3.94. The molecule has 8 nitrogen and oxygen atoms in total. The van der Waals surface area contributed by atoms with Crippen LogP contribution in [-0.2, 0) is 13.6 Å². The predicted molar refractivity (Wildman–Crippen MR) is 70.3 cm³/mol. The number of anilines is 1. The minimum absolute atomic E-state index is 0.00874. The number of aryl methyl sites for hydroxylation is 1. The zero-order valence-electron chi connectivity index (χ0n) is 10.7. The van der Waals surface area contributed by atoms with Crippen molar-refractivity contribution < 1.29 is 14.7 Å². The summed E-state index contributed by atoms with van der Waals surface area (Å²) in [5, 5.41) is 18.0. The molecule has 0 bridgehead atoms. The highest BCUT2D eigenvalue weighted by Gasteiger charge is 2.07. The number of nitrogens with one attached hydrogen (secondary N) is 2. The fourth-order valence-electron chi connectivity index (χ4n) is 1.55. The number of amides is 2. The molecule has 0 unspecified atom stereocenters. The van der Waals surface area contributed by atoms with Crippen molar-refractivity contribution in [2.45, 2.75) is 6.54 Å². The standard InChI is InChI=1S/C12H13N5O3/c1-17-10(2-3-15-17)7-14-12(20)16-9-4-8(11(18)19)5-13-6-9/h2-6H,7H2,1H3,(H,18,19)(H2,14,16,20). The molecule has 2 amide bonds. The Hall–Kier alpha value is -2.90. The van der Waals surface area contributed by atoms with Gasteiger partial charge in [-0.2, -0.15) is 5.10 Å². The number of carbonyl (C=O) groups excluding carboxylic acids is 1. The van der Waals surface area contributed by atoms with Gasteiger partial charge >= 0.3 is 12.0 Å². The van der Waals surface area contributed by atoms with E-state index in [-0.39, 0.29) is 5.56 Å². The maximum atomic E-state index is 11.7. The van der Waals surface area contributed by atoms with Crippen LogP contribution in [0.15, 0.2) is 30.7 Å². The smallest absolute Gasteiger partial charge is 0.337 e. The zero-order valence-corrected chi connectivity index (χ0v) is 10.7. The Labute approximate surface area is 114 Å². The average molecular weight is 275 g/mol. The van der Waals surface area contributed by atoms with Gasteiger partial charge in [-0.15, -0.1) is 0 Å². The molecule has 20 heavy (non-hydrogen) atoms. The van der Waals surface area contributed by atoms with Crippen molar-refractivity contribution in [3.05, 3.63) is 42.0 Å². The summed E-state index contributed by atoms with van der Waals surface area (Å²) in [5.41, 5.74) is 1.17. The summed E-state index contributed by atoms with van der Waals surface area (Å²) in [6, 6.07) is 2.67. The highest BCUT2D eigenvalue weighted by Crippen LogP contribution is 2.08. The Bertz CT molecular complexity index is 638. The molecule has 2 rings (SSSR count). The quantitative estimate of drug-likeness (QED) is 0.765. The lowest BCUT2D eigenvalue weighted by Crippen LogP contribution is -2.29. The molecule has 2 aromatic heterocycles. The zero-order chi connectivity index (χ0) is 14.5. The van der Waals surface area contributed by atoms with Gasteiger partial charge in [0.15, 0.2) is 0 Å². The second-order valence-electron chi connectivity index (χ2n) is 4.02. The third-order valence-electron chi connectivity index (χ3n) is 2.60. The van der Waals surface area contributed by atoms with Crippen molar-refractivity contribution in [2.75, 3.05) is 5.32 Å². The van der Waals surface area contributed by atoms with Crippen LogP contribution in [0.3, 0.4) is 0 Å². The van der Waals surface area contributed by atoms with Gasteiger partial charge in [0.2, 0.25) is 0 Å². The molecule has 0 saturated heterocycles. The Balaban J connectivity index is 1.93. The maximum absolute atomic E-state index is 11.7. The fourth-order valence-corrected chi connectivity index (χ4v) is 1.55. The van der Waals surface area contributed by atoms with Gasteiger partial charge in [-0.05, 0) is 12.1 Å². The maximum Gasteiger partial charge on any atom is 0.337 e. The van der Waals surface area contributed by atoms with E-state index >= 15 is 0 Å². The molecule has 3 N–H and O–H groups in total. The van der Waals surface area contributed by atoms with Crippen molar-refractivity contribution in [3.8, 4) is 0 Å². The van der Waals surface area contributed by atoms with Crippen LogP contribution >= 0.6 is 0 Å². The number of carboxylic acid groups (broad SMARTS) is 1. The lowest BCUT2D eigenvalue weighted by molar-refractivity contribution is 0.0696. The van der Waals surface area contributed by atoms with E-state index in [9.17, 15) is 9.59 Å². The molecule has 0 aliphatic carbocycles. The molecule has 0 aliphatic rings. The Morgan fingerprint density at radius 2 is 2.20 bits per heavy atom. The topological polar surface area (TPSA) is 109 Å². The largest absolute Gasteiger partial charge is 0.478 e. The number of aromatic nitrogens is 3. The molecule has 2 heterocycles. The van der Waals surface area contributed by atoms with Crippen molar-refractivity contribution in [2.24, 2.45) is 7.05 Å². The van der Waals surface area contributed by atoms with E-state index in [1.54, 1.807) is 24.0 Å². The molecule has 8 heteroatoms. The number of hydrogen-bond acceptors (Lipinski definition) is 4. The first-order valence-electron chi connectivity index (χ1n) is 5.76. The van der Waals surface area contributed by atoms with E-state index in [0.717, 1.165) is 5.69 Å². The van der Waals surface area contributed by atoms with Crippen molar-refractivity contribution >= 4 is 17.7 Å². The van der Waals surface area contributed by atoms with Gasteiger partial charge in [0, 0.05) is 19.4 Å². The van der Waals surface area contributed by atoms with Crippen LogP contribution < -0.4 is 10.6 Å². The van der Waals surface area contributed by atoms with E-state index in [0.29, 0.717) is 12.2 Å². The van der Waals surface area contributed by atoms with Gasteiger partial charge in [0.05, 0.1) is 29.7 Å². The first kappa shape index (κ1) is 13.5. The average Bonchev–Trinajstić information content (AvgIpc) is 2.82. The summed E-state index contributed by atoms with van der Waals surface area (Å²) >= 11 is 0. The van der Waals surface area contributed by atoms with Crippen LogP contribution in [0.5, 0.6) is 0 Å². The number of hydrogen-bond donors (Lipinski definition) is 3. The number of aromatic carboxylic acids is 1. The van der Waals surface area contributed by atoms with Crippen LogP contribution in [-0.4, -0.2) is 31.9 Å². The number of nitrogens with zero attached hydrogens (tertiary/aromatic N) is 3. The molecule has 0 atom stereocenters. The molecular weight excluding hydrogens is 262 g/mol. The van der Waals surface area contributed by atoms with Gasteiger partial charge in [0.25, 0.3) is 0 Å². The van der Waals surface area contributed by atoms with E-state index in [2.05, 4.69) is 20.7 Å². The molecule has 2 aromatic rings. The first-order valence-corrected chi connectivity index (χ1v) is 5.76. The van der Waals surface area contributed by atoms with Crippen molar-refractivity contribution in [1.29, 1.82) is 0 Å². The summed E-state index contributed by atoms with van der Waals surface area (Å²) in [6.07, 6.45) is 4.21. The van der Waals surface area contributed by atoms with Gasteiger partial charge < -0.3 is 15.7 Å². The fraction of sp³-hybridized carbons (Fsp3) is 0.167. The van der Waals surface area contributed by atoms with Crippen molar-refractivity contribution in [3.63, 3.8) is 0 Å². The van der Waals surface area contributed by atoms with Crippen molar-refractivity contribution in [1.82, 2.24) is 20.1 Å². The molecule has 0 aliphatic heterocycles. The highest BCUT2D eigenvalue weighted by molar-refractivity contribution is 5.92. The summed E-state index contributed by atoms with van der Waals surface area (Å²) in [5.74, 6) is -1.10. The number of urea groups is 1. The molecular formula is C12H13N5O3. The van der Waals surface area contributed by atoms with E-state index in [1.807, 2.05) is 0 Å². The Morgan fingerprint density at radius 1 is 1.40 bits per heavy atom.